The fourth-order valence-electron chi connectivity index (χ4n) is 1.56. The van der Waals surface area contributed by atoms with Gasteiger partial charge >= 0.3 is 0 Å². The standard InChI is InChI=1S/C12H10ClFN2OS/c1-2-16(9-5-3-4-8(14)6-9)12-15-11(13)10(7-17)18-12/h3-7H,2H2,1H3. The lowest BCUT2D eigenvalue weighted by Gasteiger charge is -2.19. The van der Waals surface area contributed by atoms with Gasteiger partial charge < -0.3 is 4.90 Å². The van der Waals surface area contributed by atoms with Crippen LogP contribution in [-0.4, -0.2) is 17.8 Å². The van der Waals surface area contributed by atoms with Crippen molar-refractivity contribution in [2.75, 3.05) is 11.4 Å². The van der Waals surface area contributed by atoms with Crippen LogP contribution in [0.15, 0.2) is 24.3 Å². The van der Waals surface area contributed by atoms with Crippen molar-refractivity contribution in [3.8, 4) is 0 Å². The molecule has 1 aromatic carbocycles. The van der Waals surface area contributed by atoms with E-state index in [9.17, 15) is 9.18 Å². The van der Waals surface area contributed by atoms with Crippen molar-refractivity contribution in [3.05, 3.63) is 40.1 Å². The quantitative estimate of drug-likeness (QED) is 0.798. The minimum atomic E-state index is -0.316. The highest BCUT2D eigenvalue weighted by atomic mass is 35.5. The van der Waals surface area contributed by atoms with Gasteiger partial charge in [-0.3, -0.25) is 4.79 Å². The predicted octanol–water partition coefficient (Wildman–Crippen LogP) is 3.91. The maximum absolute atomic E-state index is 13.2. The van der Waals surface area contributed by atoms with Gasteiger partial charge in [0.1, 0.15) is 10.7 Å². The van der Waals surface area contributed by atoms with Gasteiger partial charge in [0.15, 0.2) is 16.6 Å². The first kappa shape index (κ1) is 13.0. The molecule has 3 nitrogen and oxygen atoms in total. The van der Waals surface area contributed by atoms with Crippen molar-refractivity contribution >= 4 is 40.0 Å². The molecule has 0 bridgehead atoms. The van der Waals surface area contributed by atoms with Crippen LogP contribution in [0.1, 0.15) is 16.6 Å². The van der Waals surface area contributed by atoms with E-state index in [0.717, 1.165) is 0 Å². The SMILES string of the molecule is CCN(c1cccc(F)c1)c1nc(Cl)c(C=O)s1. The van der Waals surface area contributed by atoms with E-state index in [1.165, 1.54) is 23.5 Å². The summed E-state index contributed by atoms with van der Waals surface area (Å²) in [6.07, 6.45) is 0.670. The Kier molecular flexibility index (Phi) is 3.93. The topological polar surface area (TPSA) is 33.2 Å². The minimum absolute atomic E-state index is 0.180. The third-order valence-electron chi connectivity index (χ3n) is 2.37. The van der Waals surface area contributed by atoms with Crippen LogP contribution in [0.25, 0.3) is 0 Å². The molecular formula is C12H10ClFN2OS. The first-order valence-corrected chi connectivity index (χ1v) is 6.49. The fraction of sp³-hybridized carbons (Fsp3) is 0.167. The highest BCUT2D eigenvalue weighted by Crippen LogP contribution is 2.32. The number of thiazole rings is 1. The molecular weight excluding hydrogens is 275 g/mol. The van der Waals surface area contributed by atoms with E-state index in [-0.39, 0.29) is 11.0 Å². The zero-order valence-electron chi connectivity index (χ0n) is 9.56. The molecule has 18 heavy (non-hydrogen) atoms. The highest BCUT2D eigenvalue weighted by molar-refractivity contribution is 7.17. The van der Waals surface area contributed by atoms with Crippen molar-refractivity contribution in [2.24, 2.45) is 0 Å². The summed E-state index contributed by atoms with van der Waals surface area (Å²) in [5, 5.41) is 0.759. The summed E-state index contributed by atoms with van der Waals surface area (Å²) in [4.78, 5) is 17.0. The molecule has 0 N–H and O–H groups in total. The van der Waals surface area contributed by atoms with Gasteiger partial charge in [0.05, 0.1) is 0 Å². The number of aromatic nitrogens is 1. The summed E-state index contributed by atoms with van der Waals surface area (Å²) < 4.78 is 13.2. The van der Waals surface area contributed by atoms with Gasteiger partial charge in [-0.25, -0.2) is 9.37 Å². The lowest BCUT2D eigenvalue weighted by atomic mass is 10.3. The smallest absolute Gasteiger partial charge is 0.191 e. The Labute approximate surface area is 113 Å². The Morgan fingerprint density at radius 2 is 2.33 bits per heavy atom. The lowest BCUT2D eigenvalue weighted by Crippen LogP contribution is -2.15. The van der Waals surface area contributed by atoms with E-state index in [0.29, 0.717) is 28.5 Å². The molecule has 0 amide bonds. The number of hydrogen-bond donors (Lipinski definition) is 0. The van der Waals surface area contributed by atoms with Crippen LogP contribution < -0.4 is 4.90 Å². The van der Waals surface area contributed by atoms with Crippen molar-refractivity contribution in [3.63, 3.8) is 0 Å². The molecule has 0 saturated heterocycles. The number of anilines is 2. The molecule has 2 aromatic rings. The lowest BCUT2D eigenvalue weighted by molar-refractivity contribution is 0.112. The number of nitrogens with zero attached hydrogens (tertiary/aromatic N) is 2. The van der Waals surface area contributed by atoms with Gasteiger partial charge in [0.25, 0.3) is 0 Å². The Morgan fingerprint density at radius 3 is 2.89 bits per heavy atom. The number of carbonyl (C=O) groups is 1. The molecule has 94 valence electrons. The van der Waals surface area contributed by atoms with Gasteiger partial charge in [-0.2, -0.15) is 0 Å². The third-order valence-corrected chi connectivity index (χ3v) is 3.78. The number of carbonyl (C=O) groups excluding carboxylic acids is 1. The summed E-state index contributed by atoms with van der Waals surface area (Å²) in [5.74, 6) is -0.316. The van der Waals surface area contributed by atoms with Gasteiger partial charge in [-0.05, 0) is 25.1 Å². The Hall–Kier alpha value is -1.46. The summed E-state index contributed by atoms with van der Waals surface area (Å²) in [7, 11) is 0. The monoisotopic (exact) mass is 284 g/mol. The van der Waals surface area contributed by atoms with Gasteiger partial charge in [-0.1, -0.05) is 29.0 Å². The van der Waals surface area contributed by atoms with Crippen molar-refractivity contribution in [2.45, 2.75) is 6.92 Å². The molecule has 0 fully saturated rings. The first-order chi connectivity index (χ1) is 8.65. The number of aldehydes is 1. The number of rotatable bonds is 4. The molecule has 6 heteroatoms. The van der Waals surface area contributed by atoms with Crippen LogP contribution in [0.2, 0.25) is 5.15 Å². The maximum Gasteiger partial charge on any atom is 0.191 e. The molecule has 0 unspecified atom stereocenters. The second kappa shape index (κ2) is 5.46. The average molecular weight is 285 g/mol. The summed E-state index contributed by atoms with van der Waals surface area (Å²) in [5.41, 5.74) is 0.681. The predicted molar refractivity (Wildman–Crippen MR) is 71.6 cm³/mol. The first-order valence-electron chi connectivity index (χ1n) is 5.30. The molecule has 2 rings (SSSR count). The van der Waals surface area contributed by atoms with Crippen LogP contribution in [0.5, 0.6) is 0 Å². The zero-order chi connectivity index (χ0) is 13.1. The summed E-state index contributed by atoms with van der Waals surface area (Å²) in [6, 6.07) is 6.20. The van der Waals surface area contributed by atoms with Crippen LogP contribution in [0.3, 0.4) is 0 Å². The van der Waals surface area contributed by atoms with Crippen LogP contribution in [0, 0.1) is 5.82 Å². The van der Waals surface area contributed by atoms with Crippen molar-refractivity contribution in [1.29, 1.82) is 0 Å². The molecule has 0 aliphatic heterocycles. The fourth-order valence-corrected chi connectivity index (χ4v) is 2.71. The van der Waals surface area contributed by atoms with Crippen LogP contribution in [0.4, 0.5) is 15.2 Å². The van der Waals surface area contributed by atoms with E-state index in [4.69, 9.17) is 11.6 Å². The van der Waals surface area contributed by atoms with E-state index < -0.39 is 0 Å². The van der Waals surface area contributed by atoms with Crippen molar-refractivity contribution < 1.29 is 9.18 Å². The third kappa shape index (κ3) is 2.52. The molecule has 1 heterocycles. The normalized spacial score (nSPS) is 10.4. The summed E-state index contributed by atoms with van der Waals surface area (Å²) >= 11 is 7.02. The van der Waals surface area contributed by atoms with E-state index in [2.05, 4.69) is 4.98 Å². The number of hydrogen-bond acceptors (Lipinski definition) is 4. The van der Waals surface area contributed by atoms with E-state index in [1.54, 1.807) is 17.0 Å². The van der Waals surface area contributed by atoms with Crippen LogP contribution >= 0.6 is 22.9 Å². The molecule has 1 aromatic heterocycles. The van der Waals surface area contributed by atoms with Crippen molar-refractivity contribution in [1.82, 2.24) is 4.98 Å². The van der Waals surface area contributed by atoms with E-state index >= 15 is 0 Å². The molecule has 0 atom stereocenters. The van der Waals surface area contributed by atoms with Gasteiger partial charge in [-0.15, -0.1) is 0 Å². The highest BCUT2D eigenvalue weighted by Gasteiger charge is 2.15. The maximum atomic E-state index is 13.2. The average Bonchev–Trinajstić information content (AvgIpc) is 2.71. The second-order valence-electron chi connectivity index (χ2n) is 3.49. The largest absolute Gasteiger partial charge is 0.318 e. The number of benzene rings is 1. The Balaban J connectivity index is 2.41. The molecule has 0 radical (unpaired) electrons. The summed E-state index contributed by atoms with van der Waals surface area (Å²) in [6.45, 7) is 2.52. The second-order valence-corrected chi connectivity index (χ2v) is 4.86. The Bertz CT molecular complexity index is 573. The number of halogens is 2. The van der Waals surface area contributed by atoms with Gasteiger partial charge in [0, 0.05) is 12.2 Å². The molecule has 0 aliphatic rings. The molecule has 0 saturated carbocycles. The van der Waals surface area contributed by atoms with Gasteiger partial charge in [0.2, 0.25) is 0 Å². The minimum Gasteiger partial charge on any atom is -0.318 e. The zero-order valence-corrected chi connectivity index (χ0v) is 11.1. The molecule has 0 spiro atoms. The molecule has 0 aliphatic carbocycles. The van der Waals surface area contributed by atoms with Crippen LogP contribution in [-0.2, 0) is 0 Å². The Morgan fingerprint density at radius 1 is 1.56 bits per heavy atom. The van der Waals surface area contributed by atoms with E-state index in [1.807, 2.05) is 6.92 Å².